The van der Waals surface area contributed by atoms with Gasteiger partial charge in [0.05, 0.1) is 4.92 Å². The number of aliphatic imine (C=N–C) groups is 1. The maximum absolute atomic E-state index is 10.9. The highest BCUT2D eigenvalue weighted by Gasteiger charge is 2.11. The predicted molar refractivity (Wildman–Crippen MR) is 112 cm³/mol. The van der Waals surface area contributed by atoms with Crippen LogP contribution in [0.5, 0.6) is 0 Å². The summed E-state index contributed by atoms with van der Waals surface area (Å²) in [6.07, 6.45) is 2.02. The van der Waals surface area contributed by atoms with E-state index in [0.29, 0.717) is 18.8 Å². The number of halogens is 1. The predicted octanol–water partition coefficient (Wildman–Crippen LogP) is 2.61. The van der Waals surface area contributed by atoms with E-state index >= 15 is 0 Å². The first-order chi connectivity index (χ1) is 11.7. The molecule has 8 nitrogen and oxygen atoms in total. The van der Waals surface area contributed by atoms with E-state index in [2.05, 4.69) is 20.9 Å². The molecule has 9 heteroatoms. The van der Waals surface area contributed by atoms with Crippen LogP contribution in [0.1, 0.15) is 19.8 Å². The van der Waals surface area contributed by atoms with Crippen molar-refractivity contribution in [2.45, 2.75) is 19.8 Å². The Morgan fingerprint density at radius 1 is 1.20 bits per heavy atom. The van der Waals surface area contributed by atoms with Crippen molar-refractivity contribution in [2.24, 2.45) is 4.99 Å². The SMILES string of the molecule is CCOCCCCNC(=NC)NCCNc1ccccc1[N+](=O)[O-].I. The Bertz CT molecular complexity index is 528. The number of rotatable bonds is 11. The molecule has 0 amide bonds. The molecule has 0 aliphatic heterocycles. The Labute approximate surface area is 166 Å². The second kappa shape index (κ2) is 14.7. The number of benzene rings is 1. The number of nitrogens with one attached hydrogen (secondary N) is 3. The first-order valence-electron chi connectivity index (χ1n) is 8.18. The largest absolute Gasteiger partial charge is 0.382 e. The van der Waals surface area contributed by atoms with Crippen molar-refractivity contribution in [3.05, 3.63) is 34.4 Å². The number of guanidine groups is 1. The molecule has 1 rings (SSSR count). The van der Waals surface area contributed by atoms with Crippen LogP contribution in [0.25, 0.3) is 0 Å². The number of nitro benzene ring substituents is 1. The number of hydrogen-bond donors (Lipinski definition) is 3. The van der Waals surface area contributed by atoms with Gasteiger partial charge in [0.25, 0.3) is 5.69 Å². The van der Waals surface area contributed by atoms with Crippen LogP contribution in [0.4, 0.5) is 11.4 Å². The van der Waals surface area contributed by atoms with Crippen LogP contribution >= 0.6 is 24.0 Å². The second-order valence-corrected chi connectivity index (χ2v) is 5.03. The Kier molecular flexibility index (Phi) is 13.7. The lowest BCUT2D eigenvalue weighted by Crippen LogP contribution is -2.40. The lowest BCUT2D eigenvalue weighted by atomic mass is 10.2. The summed E-state index contributed by atoms with van der Waals surface area (Å²) < 4.78 is 5.28. The molecule has 0 unspecified atom stereocenters. The standard InChI is InChI=1S/C16H27N5O3.HI/c1-3-24-13-7-6-10-19-16(17-2)20-12-11-18-14-8-4-5-9-15(14)21(22)23;/h4-5,8-9,18H,3,6-7,10-13H2,1-2H3,(H2,17,19,20);1H. The highest BCUT2D eigenvalue weighted by atomic mass is 127. The van der Waals surface area contributed by atoms with Crippen molar-refractivity contribution in [1.82, 2.24) is 10.6 Å². The van der Waals surface area contributed by atoms with Crippen LogP contribution in [0, 0.1) is 10.1 Å². The third kappa shape index (κ3) is 10.1. The Morgan fingerprint density at radius 2 is 1.92 bits per heavy atom. The molecule has 0 aliphatic rings. The minimum Gasteiger partial charge on any atom is -0.382 e. The normalized spacial score (nSPS) is 10.7. The summed E-state index contributed by atoms with van der Waals surface area (Å²) in [5.74, 6) is 0.718. The molecule has 0 radical (unpaired) electrons. The van der Waals surface area contributed by atoms with Crippen LogP contribution in [0.2, 0.25) is 0 Å². The van der Waals surface area contributed by atoms with Gasteiger partial charge in [0.15, 0.2) is 5.96 Å². The van der Waals surface area contributed by atoms with Gasteiger partial charge in [0.1, 0.15) is 5.69 Å². The molecule has 1 aromatic carbocycles. The summed E-state index contributed by atoms with van der Waals surface area (Å²) in [5.41, 5.74) is 0.595. The number of unbranched alkanes of at least 4 members (excludes halogenated alkanes) is 1. The Balaban J connectivity index is 0.00000576. The van der Waals surface area contributed by atoms with Crippen LogP contribution in [0.15, 0.2) is 29.3 Å². The number of para-hydroxylation sites is 2. The maximum atomic E-state index is 10.9. The Hall–Kier alpha value is -1.62. The molecular weight excluding hydrogens is 437 g/mol. The smallest absolute Gasteiger partial charge is 0.292 e. The molecule has 3 N–H and O–H groups in total. The van der Waals surface area contributed by atoms with E-state index in [1.807, 2.05) is 6.92 Å². The van der Waals surface area contributed by atoms with Crippen LogP contribution in [-0.4, -0.2) is 50.8 Å². The molecule has 25 heavy (non-hydrogen) atoms. The molecule has 0 saturated carbocycles. The van der Waals surface area contributed by atoms with Gasteiger partial charge in [-0.05, 0) is 25.8 Å². The molecule has 0 aromatic heterocycles. The van der Waals surface area contributed by atoms with Crippen molar-refractivity contribution in [3.63, 3.8) is 0 Å². The van der Waals surface area contributed by atoms with Gasteiger partial charge in [-0.15, -0.1) is 24.0 Å². The van der Waals surface area contributed by atoms with E-state index in [0.717, 1.165) is 38.6 Å². The van der Waals surface area contributed by atoms with Crippen molar-refractivity contribution in [1.29, 1.82) is 0 Å². The summed E-state index contributed by atoms with van der Waals surface area (Å²) in [5, 5.41) is 20.4. The van der Waals surface area contributed by atoms with Crippen molar-refractivity contribution < 1.29 is 9.66 Å². The fraction of sp³-hybridized carbons (Fsp3) is 0.562. The van der Waals surface area contributed by atoms with Crippen molar-refractivity contribution >= 4 is 41.3 Å². The van der Waals surface area contributed by atoms with Gasteiger partial charge in [-0.25, -0.2) is 0 Å². The molecule has 1 aromatic rings. The fourth-order valence-electron chi connectivity index (χ4n) is 2.06. The summed E-state index contributed by atoms with van der Waals surface area (Å²) >= 11 is 0. The van der Waals surface area contributed by atoms with Gasteiger partial charge in [-0.2, -0.15) is 0 Å². The van der Waals surface area contributed by atoms with Gasteiger partial charge in [0, 0.05) is 46.0 Å². The zero-order valence-electron chi connectivity index (χ0n) is 14.8. The first-order valence-corrected chi connectivity index (χ1v) is 8.18. The zero-order valence-corrected chi connectivity index (χ0v) is 17.1. The molecule has 0 atom stereocenters. The fourth-order valence-corrected chi connectivity index (χ4v) is 2.06. The van der Waals surface area contributed by atoms with Crippen LogP contribution in [-0.2, 0) is 4.74 Å². The number of anilines is 1. The van der Waals surface area contributed by atoms with Gasteiger partial charge >= 0.3 is 0 Å². The number of nitrogens with zero attached hydrogens (tertiary/aromatic N) is 2. The zero-order chi connectivity index (χ0) is 17.6. The third-order valence-electron chi connectivity index (χ3n) is 3.27. The van der Waals surface area contributed by atoms with E-state index in [4.69, 9.17) is 4.74 Å². The molecular formula is C16H28IN5O3. The molecule has 0 fully saturated rings. The first kappa shape index (κ1) is 23.4. The summed E-state index contributed by atoms with van der Waals surface area (Å²) in [7, 11) is 1.71. The number of nitro groups is 1. The topological polar surface area (TPSA) is 101 Å². The van der Waals surface area contributed by atoms with Gasteiger partial charge in [0.2, 0.25) is 0 Å². The van der Waals surface area contributed by atoms with E-state index in [1.54, 1.807) is 25.2 Å². The molecule has 0 heterocycles. The monoisotopic (exact) mass is 465 g/mol. The highest BCUT2D eigenvalue weighted by molar-refractivity contribution is 14.0. The molecule has 0 spiro atoms. The highest BCUT2D eigenvalue weighted by Crippen LogP contribution is 2.22. The Morgan fingerprint density at radius 3 is 2.60 bits per heavy atom. The van der Waals surface area contributed by atoms with Crippen LogP contribution < -0.4 is 16.0 Å². The lowest BCUT2D eigenvalue weighted by Gasteiger charge is -2.12. The van der Waals surface area contributed by atoms with E-state index in [9.17, 15) is 10.1 Å². The van der Waals surface area contributed by atoms with Crippen molar-refractivity contribution in [3.8, 4) is 0 Å². The third-order valence-corrected chi connectivity index (χ3v) is 3.27. The van der Waals surface area contributed by atoms with Gasteiger partial charge in [-0.3, -0.25) is 15.1 Å². The average molecular weight is 465 g/mol. The molecule has 0 saturated heterocycles. The molecule has 0 bridgehead atoms. The molecule has 0 aliphatic carbocycles. The minimum absolute atomic E-state index is 0. The summed E-state index contributed by atoms with van der Waals surface area (Å²) in [4.78, 5) is 14.7. The second-order valence-electron chi connectivity index (χ2n) is 5.03. The minimum atomic E-state index is -0.390. The number of hydrogen-bond acceptors (Lipinski definition) is 5. The quantitative estimate of drug-likeness (QED) is 0.116. The van der Waals surface area contributed by atoms with Crippen LogP contribution in [0.3, 0.4) is 0 Å². The average Bonchev–Trinajstić information content (AvgIpc) is 2.59. The van der Waals surface area contributed by atoms with Gasteiger partial charge < -0.3 is 20.7 Å². The van der Waals surface area contributed by atoms with E-state index < -0.39 is 4.92 Å². The van der Waals surface area contributed by atoms with Gasteiger partial charge in [-0.1, -0.05) is 12.1 Å². The number of ether oxygens (including phenoxy) is 1. The van der Waals surface area contributed by atoms with Crippen molar-refractivity contribution in [2.75, 3.05) is 45.2 Å². The summed E-state index contributed by atoms with van der Waals surface area (Å²) in [6, 6.07) is 6.60. The molecule has 142 valence electrons. The lowest BCUT2D eigenvalue weighted by molar-refractivity contribution is -0.384. The maximum Gasteiger partial charge on any atom is 0.292 e. The van der Waals surface area contributed by atoms with E-state index in [1.165, 1.54) is 6.07 Å². The summed E-state index contributed by atoms with van der Waals surface area (Å²) in [6.45, 7) is 5.50. The van der Waals surface area contributed by atoms with E-state index in [-0.39, 0.29) is 29.7 Å².